The van der Waals surface area contributed by atoms with Crippen LogP contribution in [0.2, 0.25) is 0 Å². The van der Waals surface area contributed by atoms with Gasteiger partial charge in [0.05, 0.1) is 0 Å². The summed E-state index contributed by atoms with van der Waals surface area (Å²) in [6.45, 7) is 5.73. The highest BCUT2D eigenvalue weighted by molar-refractivity contribution is 5.91. The van der Waals surface area contributed by atoms with Crippen molar-refractivity contribution in [2.45, 2.75) is 0 Å². The van der Waals surface area contributed by atoms with Gasteiger partial charge in [0.25, 0.3) is 0 Å². The normalized spacial score (nSPS) is 10.8. The molecule has 0 unspecified atom stereocenters. The number of carbonyl (C=O) groups is 1. The molecule has 0 saturated carbocycles. The van der Waals surface area contributed by atoms with Gasteiger partial charge in [0, 0.05) is 0 Å². The Morgan fingerprint density at radius 2 is 1.82 bits per heavy atom. The van der Waals surface area contributed by atoms with E-state index in [9.17, 15) is 9.18 Å². The van der Waals surface area contributed by atoms with Gasteiger partial charge in [-0.2, -0.15) is 0 Å². The zero-order valence-electron chi connectivity index (χ0n) is 5.67. The van der Waals surface area contributed by atoms with Crippen molar-refractivity contribution in [3.8, 4) is 0 Å². The van der Waals surface area contributed by atoms with E-state index in [0.717, 1.165) is 0 Å². The average Bonchev–Trinajstić information content (AvgIpc) is 1.81. The van der Waals surface area contributed by atoms with Crippen LogP contribution < -0.4 is 0 Å². The molecule has 0 rings (SSSR count). The molecule has 0 aromatic heterocycles. The number of aliphatic hydroxyl groups excluding tert-OH is 1. The summed E-state index contributed by atoms with van der Waals surface area (Å²) in [7, 11) is 0. The Bertz CT molecular complexity index is 224. The van der Waals surface area contributed by atoms with E-state index in [-0.39, 0.29) is 0 Å². The van der Waals surface area contributed by atoms with E-state index in [4.69, 9.17) is 10.2 Å². The highest BCUT2D eigenvalue weighted by atomic mass is 19.1. The fraction of sp³-hybridized carbons (Fsp3) is 0. The van der Waals surface area contributed by atoms with Crippen molar-refractivity contribution in [2.75, 3.05) is 0 Å². The van der Waals surface area contributed by atoms with Gasteiger partial charge in [0.2, 0.25) is 0 Å². The summed E-state index contributed by atoms with van der Waals surface area (Å²) in [5, 5.41) is 16.9. The smallest absolute Gasteiger partial charge is 0.339 e. The van der Waals surface area contributed by atoms with Crippen molar-refractivity contribution in [3.05, 3.63) is 36.4 Å². The minimum atomic E-state index is -1.45. The molecule has 0 amide bonds. The molecule has 0 fully saturated rings. The van der Waals surface area contributed by atoms with Crippen molar-refractivity contribution >= 4 is 5.97 Å². The second kappa shape index (κ2) is 3.55. The average molecular weight is 158 g/mol. The second-order valence-electron chi connectivity index (χ2n) is 1.76. The number of carboxylic acids is 1. The van der Waals surface area contributed by atoms with Gasteiger partial charge in [-0.1, -0.05) is 13.2 Å². The first-order valence-corrected chi connectivity index (χ1v) is 2.62. The minimum absolute atomic E-state index is 0.588. The Kier molecular flexibility index (Phi) is 3.04. The number of hydrogen-bond donors (Lipinski definition) is 2. The van der Waals surface area contributed by atoms with E-state index < -0.39 is 23.1 Å². The van der Waals surface area contributed by atoms with Gasteiger partial charge in [0.1, 0.15) is 17.2 Å². The lowest BCUT2D eigenvalue weighted by Gasteiger charge is -1.96. The molecule has 0 aliphatic heterocycles. The Balaban J connectivity index is 4.75. The molecule has 0 aromatic rings. The Hall–Kier alpha value is -1.58. The maximum atomic E-state index is 12.0. The Morgan fingerprint density at radius 1 is 1.36 bits per heavy atom. The fourth-order valence-corrected chi connectivity index (χ4v) is 0.425. The molecular weight excluding hydrogens is 151 g/mol. The monoisotopic (exact) mass is 158 g/mol. The van der Waals surface area contributed by atoms with Crippen molar-refractivity contribution in [1.29, 1.82) is 0 Å². The van der Waals surface area contributed by atoms with Gasteiger partial charge in [-0.15, -0.1) is 0 Å². The minimum Gasteiger partial charge on any atom is -0.508 e. The highest BCUT2D eigenvalue weighted by Crippen LogP contribution is 2.08. The first kappa shape index (κ1) is 9.42. The summed E-state index contributed by atoms with van der Waals surface area (Å²) in [4.78, 5) is 10.2. The largest absolute Gasteiger partial charge is 0.508 e. The van der Waals surface area contributed by atoms with Gasteiger partial charge in [0.15, 0.2) is 0 Å². The molecule has 11 heavy (non-hydrogen) atoms. The number of carboxylic acid groups (broad SMARTS) is 1. The third kappa shape index (κ3) is 3.20. The van der Waals surface area contributed by atoms with Crippen LogP contribution >= 0.6 is 0 Å². The van der Waals surface area contributed by atoms with Crippen molar-refractivity contribution in [3.63, 3.8) is 0 Å². The summed E-state index contributed by atoms with van der Waals surface area (Å²) >= 11 is 0. The van der Waals surface area contributed by atoms with E-state index >= 15 is 0 Å². The van der Waals surface area contributed by atoms with Crippen LogP contribution in [0.15, 0.2) is 36.4 Å². The van der Waals surface area contributed by atoms with Crippen LogP contribution in [0.1, 0.15) is 0 Å². The predicted molar refractivity (Wildman–Crippen MR) is 37.7 cm³/mol. The predicted octanol–water partition coefficient (Wildman–Crippen LogP) is 1.55. The van der Waals surface area contributed by atoms with E-state index in [1.165, 1.54) is 0 Å². The third-order valence-corrected chi connectivity index (χ3v) is 0.842. The summed E-state index contributed by atoms with van der Waals surface area (Å²) in [5.74, 6) is -3.09. The number of aliphatic hydroxyl groups is 1. The number of rotatable bonds is 3. The molecule has 60 valence electrons. The quantitative estimate of drug-likeness (QED) is 0.372. The van der Waals surface area contributed by atoms with Crippen LogP contribution in [-0.2, 0) is 4.79 Å². The van der Waals surface area contributed by atoms with Crippen LogP contribution in [-0.4, -0.2) is 16.2 Å². The second-order valence-corrected chi connectivity index (χ2v) is 1.76. The molecule has 0 saturated heterocycles. The molecule has 0 aliphatic rings. The fourth-order valence-electron chi connectivity index (χ4n) is 0.425. The third-order valence-electron chi connectivity index (χ3n) is 0.842. The molecule has 2 N–H and O–H groups in total. The summed E-state index contributed by atoms with van der Waals surface area (Å²) in [6, 6.07) is 0. The standard InChI is InChI=1S/C7H7FO3/c1-4(8)3-6(5(2)9)7(10)11/h3,9H,1-2H2,(H,10,11)/b6-3+. The van der Waals surface area contributed by atoms with Crippen molar-refractivity contribution in [2.24, 2.45) is 0 Å². The lowest BCUT2D eigenvalue weighted by atomic mass is 10.2. The molecular formula is C7H7FO3. The number of halogens is 1. The molecule has 0 aromatic carbocycles. The van der Waals surface area contributed by atoms with Gasteiger partial charge >= 0.3 is 5.97 Å². The molecule has 0 heterocycles. The van der Waals surface area contributed by atoms with E-state index in [0.29, 0.717) is 6.08 Å². The van der Waals surface area contributed by atoms with Crippen LogP contribution in [0.3, 0.4) is 0 Å². The van der Waals surface area contributed by atoms with Gasteiger partial charge in [-0.05, 0) is 6.08 Å². The molecule has 0 atom stereocenters. The molecule has 0 bridgehead atoms. The first-order chi connectivity index (χ1) is 4.95. The topological polar surface area (TPSA) is 57.5 Å². The lowest BCUT2D eigenvalue weighted by Crippen LogP contribution is -2.02. The van der Waals surface area contributed by atoms with Crippen molar-refractivity contribution in [1.82, 2.24) is 0 Å². The van der Waals surface area contributed by atoms with E-state index in [1.807, 2.05) is 0 Å². The summed E-state index contributed by atoms with van der Waals surface area (Å²) < 4.78 is 12.0. The van der Waals surface area contributed by atoms with Gasteiger partial charge < -0.3 is 10.2 Å². The zero-order valence-corrected chi connectivity index (χ0v) is 5.67. The van der Waals surface area contributed by atoms with Crippen LogP contribution in [0.5, 0.6) is 0 Å². The van der Waals surface area contributed by atoms with E-state index in [2.05, 4.69) is 13.2 Å². The van der Waals surface area contributed by atoms with Crippen LogP contribution in [0.4, 0.5) is 4.39 Å². The summed E-state index contributed by atoms with van der Waals surface area (Å²) in [6.07, 6.45) is 0.588. The van der Waals surface area contributed by atoms with Gasteiger partial charge in [-0.3, -0.25) is 0 Å². The molecule has 3 nitrogen and oxygen atoms in total. The summed E-state index contributed by atoms with van der Waals surface area (Å²) in [5.41, 5.74) is -0.600. The zero-order chi connectivity index (χ0) is 9.02. The molecule has 4 heteroatoms. The molecule has 0 aliphatic carbocycles. The highest BCUT2D eigenvalue weighted by Gasteiger charge is 2.10. The molecule has 0 spiro atoms. The van der Waals surface area contributed by atoms with Crippen molar-refractivity contribution < 1.29 is 19.4 Å². The van der Waals surface area contributed by atoms with Gasteiger partial charge in [-0.25, -0.2) is 9.18 Å². The molecule has 0 radical (unpaired) electrons. The first-order valence-electron chi connectivity index (χ1n) is 2.62. The number of hydrogen-bond acceptors (Lipinski definition) is 2. The van der Waals surface area contributed by atoms with Crippen LogP contribution in [0.25, 0.3) is 0 Å². The maximum Gasteiger partial charge on any atom is 0.339 e. The van der Waals surface area contributed by atoms with Crippen LogP contribution in [0, 0.1) is 0 Å². The lowest BCUT2D eigenvalue weighted by molar-refractivity contribution is -0.132. The number of aliphatic carboxylic acids is 1. The maximum absolute atomic E-state index is 12.0. The van der Waals surface area contributed by atoms with E-state index in [1.54, 1.807) is 0 Å². The Morgan fingerprint density at radius 3 is 1.91 bits per heavy atom. The SMILES string of the molecule is C=C(F)/C=C(\C(=C)O)C(=O)O. The Labute approximate surface area is 62.8 Å². The number of allylic oxidation sites excluding steroid dienone is 2.